The number of nitrogens with zero attached hydrogens (tertiary/aromatic N) is 1. The van der Waals surface area contributed by atoms with E-state index in [1.165, 1.54) is 6.92 Å². The van der Waals surface area contributed by atoms with Crippen LogP contribution in [0.3, 0.4) is 0 Å². The number of hydrogen-bond acceptors (Lipinski definition) is 6. The second kappa shape index (κ2) is 17.1. The predicted octanol–water partition coefficient (Wildman–Crippen LogP) is 4.37. The van der Waals surface area contributed by atoms with Crippen LogP contribution >= 0.6 is 0 Å². The molecule has 3 rings (SSSR count). The van der Waals surface area contributed by atoms with Crippen molar-refractivity contribution in [2.45, 2.75) is 60.8 Å². The average Bonchev–Trinajstić information content (AvgIpc) is 2.92. The molecule has 0 fully saturated rings. The standard InChI is InChI=1S/C17H27BN2O4.C11H9NO.C2H6/c1-11(2)9-15(18(23)24)20-16(21)13(4)10-19-17(22)14-7-5-12(3)6-8-14;1-8(13)11-6-9-4-2-3-5-10(9)7-12-11;1-2/h5-8,11,13,15,23-24H,9-10H2,1-4H3,(H,19,22)(H,20,21);2-7H,1H3;1-2H3/t13-,15?;;/m0../s1. The van der Waals surface area contributed by atoms with Gasteiger partial charge in [0.2, 0.25) is 5.91 Å². The van der Waals surface area contributed by atoms with E-state index in [1.54, 1.807) is 25.3 Å². The Morgan fingerprint density at radius 1 is 0.949 bits per heavy atom. The topological polar surface area (TPSA) is 129 Å². The minimum absolute atomic E-state index is 0.00533. The number of benzene rings is 2. The zero-order valence-corrected chi connectivity index (χ0v) is 24.1. The van der Waals surface area contributed by atoms with Crippen molar-refractivity contribution in [3.63, 3.8) is 0 Å². The molecular formula is C30H42BN3O5. The van der Waals surface area contributed by atoms with Crippen LogP contribution in [0.25, 0.3) is 10.8 Å². The van der Waals surface area contributed by atoms with E-state index in [0.29, 0.717) is 17.7 Å². The maximum atomic E-state index is 12.1. The van der Waals surface area contributed by atoms with Crippen LogP contribution in [-0.4, -0.2) is 52.2 Å². The lowest BCUT2D eigenvalue weighted by Crippen LogP contribution is -2.50. The van der Waals surface area contributed by atoms with Crippen molar-refractivity contribution in [1.29, 1.82) is 0 Å². The highest BCUT2D eigenvalue weighted by atomic mass is 16.4. The fourth-order valence-corrected chi connectivity index (χ4v) is 3.51. The van der Waals surface area contributed by atoms with Gasteiger partial charge in [0.25, 0.3) is 5.91 Å². The van der Waals surface area contributed by atoms with Crippen molar-refractivity contribution in [3.8, 4) is 0 Å². The summed E-state index contributed by atoms with van der Waals surface area (Å²) >= 11 is 0. The van der Waals surface area contributed by atoms with Gasteiger partial charge in [-0.25, -0.2) is 0 Å². The number of Topliss-reactive ketones (excluding diaryl/α,β-unsaturated/α-hetero) is 1. The zero-order valence-electron chi connectivity index (χ0n) is 24.1. The molecule has 8 nitrogen and oxygen atoms in total. The lowest BCUT2D eigenvalue weighted by atomic mass is 9.75. The van der Waals surface area contributed by atoms with Crippen LogP contribution in [0.2, 0.25) is 0 Å². The molecule has 0 aliphatic heterocycles. The number of rotatable bonds is 9. The third-order valence-corrected chi connectivity index (χ3v) is 5.73. The van der Waals surface area contributed by atoms with Gasteiger partial charge in [-0.15, -0.1) is 0 Å². The molecule has 39 heavy (non-hydrogen) atoms. The third-order valence-electron chi connectivity index (χ3n) is 5.73. The molecule has 0 saturated carbocycles. The van der Waals surface area contributed by atoms with E-state index >= 15 is 0 Å². The summed E-state index contributed by atoms with van der Waals surface area (Å²) in [5.74, 6) is -1.53. The van der Waals surface area contributed by atoms with Crippen LogP contribution in [0.15, 0.2) is 60.8 Å². The van der Waals surface area contributed by atoms with E-state index in [1.807, 2.05) is 77.1 Å². The Balaban J connectivity index is 0.000000422. The summed E-state index contributed by atoms with van der Waals surface area (Å²) < 4.78 is 0. The number of carbonyl (C=O) groups excluding carboxylic acids is 3. The van der Waals surface area contributed by atoms with Crippen LogP contribution < -0.4 is 10.6 Å². The number of amides is 2. The molecule has 2 aromatic carbocycles. The van der Waals surface area contributed by atoms with Crippen LogP contribution in [0.5, 0.6) is 0 Å². The first-order valence-corrected chi connectivity index (χ1v) is 13.3. The number of pyridine rings is 1. The van der Waals surface area contributed by atoms with Crippen molar-refractivity contribution < 1.29 is 24.4 Å². The van der Waals surface area contributed by atoms with Gasteiger partial charge in [-0.2, -0.15) is 0 Å². The molecule has 0 saturated heterocycles. The lowest BCUT2D eigenvalue weighted by molar-refractivity contribution is -0.124. The summed E-state index contributed by atoms with van der Waals surface area (Å²) in [6.45, 7) is 13.2. The molecule has 0 aliphatic carbocycles. The van der Waals surface area contributed by atoms with Crippen LogP contribution in [0, 0.1) is 18.8 Å². The van der Waals surface area contributed by atoms with E-state index in [4.69, 9.17) is 0 Å². The molecule has 2 atom stereocenters. The van der Waals surface area contributed by atoms with Gasteiger partial charge in [-0.1, -0.05) is 76.6 Å². The minimum atomic E-state index is -1.61. The first kappa shape index (κ1) is 33.5. The van der Waals surface area contributed by atoms with Gasteiger partial charge in [0, 0.05) is 30.6 Å². The minimum Gasteiger partial charge on any atom is -0.426 e. The smallest absolute Gasteiger partial charge is 0.426 e. The highest BCUT2D eigenvalue weighted by molar-refractivity contribution is 6.43. The maximum absolute atomic E-state index is 12.1. The second-order valence-electron chi connectivity index (χ2n) is 9.61. The monoisotopic (exact) mass is 535 g/mol. The number of nitrogens with one attached hydrogen (secondary N) is 2. The molecule has 1 aromatic heterocycles. The summed E-state index contributed by atoms with van der Waals surface area (Å²) in [6, 6.07) is 16.8. The summed E-state index contributed by atoms with van der Waals surface area (Å²) in [7, 11) is -1.61. The van der Waals surface area contributed by atoms with Gasteiger partial charge in [-0.3, -0.25) is 19.4 Å². The van der Waals surface area contributed by atoms with Crippen LogP contribution in [-0.2, 0) is 4.79 Å². The lowest BCUT2D eigenvalue weighted by Gasteiger charge is -2.22. The highest BCUT2D eigenvalue weighted by Gasteiger charge is 2.27. The molecule has 0 bridgehead atoms. The fraction of sp³-hybridized carbons (Fsp3) is 0.400. The molecule has 4 N–H and O–H groups in total. The average molecular weight is 535 g/mol. The Labute approximate surface area is 232 Å². The number of aromatic nitrogens is 1. The molecule has 0 aliphatic rings. The van der Waals surface area contributed by atoms with Gasteiger partial charge in [0.05, 0.1) is 11.9 Å². The molecule has 2 amide bonds. The first-order valence-electron chi connectivity index (χ1n) is 13.3. The number of hydrogen-bond donors (Lipinski definition) is 4. The predicted molar refractivity (Wildman–Crippen MR) is 157 cm³/mol. The van der Waals surface area contributed by atoms with E-state index in [-0.39, 0.29) is 30.1 Å². The fourth-order valence-electron chi connectivity index (χ4n) is 3.51. The number of carbonyl (C=O) groups is 3. The normalized spacial score (nSPS) is 11.7. The summed E-state index contributed by atoms with van der Waals surface area (Å²) in [5, 5.41) is 26.2. The van der Waals surface area contributed by atoms with Gasteiger partial charge in [-0.05, 0) is 42.8 Å². The molecular weight excluding hydrogens is 493 g/mol. The van der Waals surface area contributed by atoms with Crippen molar-refractivity contribution in [1.82, 2.24) is 15.6 Å². The SMILES string of the molecule is CC.CC(=O)c1cc2ccccc2cn1.Cc1ccc(C(=O)NC[C@H](C)C(=O)NC(CC(C)C)B(O)O)cc1. The van der Waals surface area contributed by atoms with Gasteiger partial charge < -0.3 is 20.7 Å². The molecule has 1 unspecified atom stereocenters. The van der Waals surface area contributed by atoms with E-state index in [9.17, 15) is 24.4 Å². The molecule has 3 aromatic rings. The Morgan fingerprint density at radius 3 is 2.08 bits per heavy atom. The molecule has 0 spiro atoms. The van der Waals surface area contributed by atoms with Gasteiger partial charge in [0.1, 0.15) is 5.69 Å². The number of fused-ring (bicyclic) bond motifs is 1. The largest absolute Gasteiger partial charge is 0.475 e. The molecule has 210 valence electrons. The highest BCUT2D eigenvalue weighted by Crippen LogP contribution is 2.13. The number of ketones is 1. The Hall–Kier alpha value is -3.56. The Bertz CT molecular complexity index is 1200. The van der Waals surface area contributed by atoms with Crippen LogP contribution in [0.1, 0.15) is 74.4 Å². The van der Waals surface area contributed by atoms with Crippen molar-refractivity contribution in [2.75, 3.05) is 6.54 Å². The second-order valence-corrected chi connectivity index (χ2v) is 9.61. The molecule has 1 heterocycles. The van der Waals surface area contributed by atoms with Gasteiger partial charge >= 0.3 is 7.12 Å². The maximum Gasteiger partial charge on any atom is 0.475 e. The quantitative estimate of drug-likeness (QED) is 0.238. The molecule has 0 radical (unpaired) electrons. The van der Waals surface area contributed by atoms with E-state index in [0.717, 1.165) is 16.3 Å². The zero-order chi connectivity index (χ0) is 29.5. The van der Waals surface area contributed by atoms with Crippen LogP contribution in [0.4, 0.5) is 0 Å². The summed E-state index contributed by atoms with van der Waals surface area (Å²) in [5.41, 5.74) is 2.13. The summed E-state index contributed by atoms with van der Waals surface area (Å²) in [4.78, 5) is 39.3. The van der Waals surface area contributed by atoms with E-state index < -0.39 is 19.0 Å². The van der Waals surface area contributed by atoms with Gasteiger partial charge in [0.15, 0.2) is 5.78 Å². The third kappa shape index (κ3) is 11.8. The Kier molecular flexibility index (Phi) is 14.7. The number of aryl methyl sites for hydroxylation is 1. The van der Waals surface area contributed by atoms with Crippen molar-refractivity contribution >= 4 is 35.5 Å². The van der Waals surface area contributed by atoms with Crippen molar-refractivity contribution in [2.24, 2.45) is 11.8 Å². The summed E-state index contributed by atoms with van der Waals surface area (Å²) in [6.07, 6.45) is 2.19. The first-order chi connectivity index (χ1) is 18.5. The van der Waals surface area contributed by atoms with E-state index in [2.05, 4.69) is 15.6 Å². The Morgan fingerprint density at radius 2 is 1.54 bits per heavy atom. The van der Waals surface area contributed by atoms with Crippen molar-refractivity contribution in [3.05, 3.63) is 77.6 Å². The molecule has 9 heteroatoms.